The molecule has 2 nitrogen and oxygen atoms in total. The van der Waals surface area contributed by atoms with Gasteiger partial charge in [0.05, 0.1) is 16.1 Å². The van der Waals surface area contributed by atoms with Crippen molar-refractivity contribution in [1.82, 2.24) is 0 Å². The predicted molar refractivity (Wildman–Crippen MR) is 72.5 cm³/mol. The number of rotatable bonds is 4. The first-order valence-electron chi connectivity index (χ1n) is 5.53. The number of hydrogen-bond acceptors (Lipinski definition) is 2. The topological polar surface area (TPSA) is 26.3 Å². The molecule has 0 saturated carbocycles. The normalized spacial score (nSPS) is 10.4. The van der Waals surface area contributed by atoms with E-state index in [4.69, 9.17) is 27.9 Å². The largest absolute Gasteiger partial charge is 0.486 e. The Hall–Kier alpha value is -1.65. The van der Waals surface area contributed by atoms with Gasteiger partial charge in [-0.2, -0.15) is 0 Å². The summed E-state index contributed by atoms with van der Waals surface area (Å²) in [7, 11) is 0. The summed E-state index contributed by atoms with van der Waals surface area (Å²) in [4.78, 5) is 10.9. The number of halogens is 4. The molecule has 0 aliphatic rings. The van der Waals surface area contributed by atoms with Crippen LogP contribution < -0.4 is 4.74 Å². The maximum atomic E-state index is 13.5. The van der Waals surface area contributed by atoms with Gasteiger partial charge >= 0.3 is 0 Å². The first-order chi connectivity index (χ1) is 9.52. The van der Waals surface area contributed by atoms with Gasteiger partial charge in [0.25, 0.3) is 0 Å². The van der Waals surface area contributed by atoms with Crippen LogP contribution in [0.4, 0.5) is 8.78 Å². The van der Waals surface area contributed by atoms with Crippen molar-refractivity contribution in [2.24, 2.45) is 0 Å². The number of aldehydes is 1. The van der Waals surface area contributed by atoms with E-state index in [0.717, 1.165) is 12.1 Å². The van der Waals surface area contributed by atoms with E-state index in [-0.39, 0.29) is 33.5 Å². The van der Waals surface area contributed by atoms with E-state index < -0.39 is 11.6 Å². The molecule has 2 aromatic carbocycles. The zero-order valence-electron chi connectivity index (χ0n) is 10.00. The lowest BCUT2D eigenvalue weighted by Gasteiger charge is -2.11. The minimum Gasteiger partial charge on any atom is -0.486 e. The smallest absolute Gasteiger partial charge is 0.153 e. The molecule has 0 unspecified atom stereocenters. The van der Waals surface area contributed by atoms with Gasteiger partial charge in [-0.3, -0.25) is 4.79 Å². The first-order valence-corrected chi connectivity index (χ1v) is 6.28. The summed E-state index contributed by atoms with van der Waals surface area (Å²) < 4.78 is 32.2. The summed E-state index contributed by atoms with van der Waals surface area (Å²) >= 11 is 11.7. The van der Waals surface area contributed by atoms with Gasteiger partial charge < -0.3 is 4.74 Å². The molecule has 0 N–H and O–H groups in total. The zero-order chi connectivity index (χ0) is 14.7. The van der Waals surface area contributed by atoms with Crippen LogP contribution in [-0.4, -0.2) is 6.29 Å². The van der Waals surface area contributed by atoms with Crippen LogP contribution in [0.2, 0.25) is 10.0 Å². The van der Waals surface area contributed by atoms with Crippen molar-refractivity contribution in [3.8, 4) is 5.75 Å². The van der Waals surface area contributed by atoms with E-state index in [9.17, 15) is 13.6 Å². The second kappa shape index (κ2) is 6.20. The summed E-state index contributed by atoms with van der Waals surface area (Å²) in [5, 5.41) is 0.359. The van der Waals surface area contributed by atoms with E-state index >= 15 is 0 Å². The molecule has 6 heteroatoms. The summed E-state index contributed by atoms with van der Waals surface area (Å²) in [5.74, 6) is -1.43. The van der Waals surface area contributed by atoms with Gasteiger partial charge in [-0.05, 0) is 24.3 Å². The summed E-state index contributed by atoms with van der Waals surface area (Å²) in [6.45, 7) is -0.388. The molecular weight excluding hydrogens is 309 g/mol. The van der Waals surface area contributed by atoms with Crippen LogP contribution in [0.15, 0.2) is 30.3 Å². The molecule has 0 aliphatic heterocycles. The Balaban J connectivity index is 2.30. The van der Waals surface area contributed by atoms with Crippen LogP contribution in [0, 0.1) is 11.6 Å². The van der Waals surface area contributed by atoms with Gasteiger partial charge in [-0.1, -0.05) is 29.3 Å². The molecule has 0 radical (unpaired) electrons. The number of carbonyl (C=O) groups excluding carboxylic acids is 1. The van der Waals surface area contributed by atoms with Crippen LogP contribution in [0.25, 0.3) is 0 Å². The molecule has 0 saturated heterocycles. The van der Waals surface area contributed by atoms with Crippen molar-refractivity contribution in [1.29, 1.82) is 0 Å². The molecule has 2 aromatic rings. The molecule has 0 amide bonds. The average molecular weight is 317 g/mol. The molecule has 104 valence electrons. The second-order valence-corrected chi connectivity index (χ2v) is 4.76. The standard InChI is InChI=1S/C14H8Cl2F2O2/c15-9-4-8(6-19)14(11(16)5-9)20-7-10-12(17)2-1-3-13(10)18/h1-6H,7H2. The number of hydrogen-bond donors (Lipinski definition) is 0. The fraction of sp³-hybridized carbons (Fsp3) is 0.0714. The fourth-order valence-electron chi connectivity index (χ4n) is 1.63. The van der Waals surface area contributed by atoms with Gasteiger partial charge in [0.2, 0.25) is 0 Å². The molecule has 0 aromatic heterocycles. The first kappa shape index (κ1) is 14.8. The Kier molecular flexibility index (Phi) is 4.57. The lowest BCUT2D eigenvalue weighted by molar-refractivity contribution is 0.111. The highest BCUT2D eigenvalue weighted by atomic mass is 35.5. The Bertz CT molecular complexity index is 640. The van der Waals surface area contributed by atoms with Gasteiger partial charge in [-0.25, -0.2) is 8.78 Å². The van der Waals surface area contributed by atoms with Crippen molar-refractivity contribution >= 4 is 29.5 Å². The molecule has 0 aliphatic carbocycles. The number of benzene rings is 2. The lowest BCUT2D eigenvalue weighted by atomic mass is 10.2. The average Bonchev–Trinajstić information content (AvgIpc) is 2.39. The summed E-state index contributed by atoms with van der Waals surface area (Å²) in [5.41, 5.74) is -0.130. The molecule has 0 fully saturated rings. The lowest BCUT2D eigenvalue weighted by Crippen LogP contribution is -2.03. The SMILES string of the molecule is O=Cc1cc(Cl)cc(Cl)c1OCc1c(F)cccc1F. The monoisotopic (exact) mass is 316 g/mol. The molecular formula is C14H8Cl2F2O2. The highest BCUT2D eigenvalue weighted by Crippen LogP contribution is 2.32. The van der Waals surface area contributed by atoms with E-state index in [1.165, 1.54) is 18.2 Å². The highest BCUT2D eigenvalue weighted by molar-refractivity contribution is 6.36. The molecule has 0 heterocycles. The van der Waals surface area contributed by atoms with E-state index in [1.54, 1.807) is 0 Å². The van der Waals surface area contributed by atoms with E-state index in [2.05, 4.69) is 0 Å². The minimum atomic E-state index is -0.734. The molecule has 2 rings (SSSR count). The molecule has 0 spiro atoms. The third kappa shape index (κ3) is 3.08. The van der Waals surface area contributed by atoms with Gasteiger partial charge in [0.15, 0.2) is 6.29 Å². The van der Waals surface area contributed by atoms with Crippen molar-refractivity contribution in [2.45, 2.75) is 6.61 Å². The Morgan fingerprint density at radius 3 is 2.40 bits per heavy atom. The van der Waals surface area contributed by atoms with Crippen LogP contribution in [0.5, 0.6) is 5.75 Å². The van der Waals surface area contributed by atoms with Crippen LogP contribution in [0.1, 0.15) is 15.9 Å². The van der Waals surface area contributed by atoms with E-state index in [1.807, 2.05) is 0 Å². The summed E-state index contributed by atoms with van der Waals surface area (Å²) in [6, 6.07) is 6.22. The van der Waals surface area contributed by atoms with Crippen LogP contribution in [0.3, 0.4) is 0 Å². The maximum absolute atomic E-state index is 13.5. The summed E-state index contributed by atoms with van der Waals surface area (Å²) in [6.07, 6.45) is 0.505. The van der Waals surface area contributed by atoms with E-state index in [0.29, 0.717) is 6.29 Å². The van der Waals surface area contributed by atoms with Gasteiger partial charge in [0.1, 0.15) is 24.0 Å². The fourth-order valence-corrected chi connectivity index (χ4v) is 2.20. The van der Waals surface area contributed by atoms with Gasteiger partial charge in [0, 0.05) is 5.02 Å². The van der Waals surface area contributed by atoms with Crippen molar-refractivity contribution in [3.63, 3.8) is 0 Å². The second-order valence-electron chi connectivity index (χ2n) is 3.91. The highest BCUT2D eigenvalue weighted by Gasteiger charge is 2.14. The minimum absolute atomic E-state index is 0.0359. The van der Waals surface area contributed by atoms with Crippen molar-refractivity contribution in [3.05, 3.63) is 63.1 Å². The quantitative estimate of drug-likeness (QED) is 0.767. The van der Waals surface area contributed by atoms with Crippen LogP contribution >= 0.6 is 23.2 Å². The number of ether oxygens (including phenoxy) is 1. The Morgan fingerprint density at radius 1 is 1.15 bits per heavy atom. The van der Waals surface area contributed by atoms with Gasteiger partial charge in [-0.15, -0.1) is 0 Å². The van der Waals surface area contributed by atoms with Crippen LogP contribution in [-0.2, 0) is 6.61 Å². The molecule has 0 atom stereocenters. The third-order valence-electron chi connectivity index (χ3n) is 2.59. The third-order valence-corrected chi connectivity index (χ3v) is 3.09. The van der Waals surface area contributed by atoms with Crippen molar-refractivity contribution in [2.75, 3.05) is 0 Å². The number of carbonyl (C=O) groups is 1. The maximum Gasteiger partial charge on any atom is 0.153 e. The Morgan fingerprint density at radius 2 is 1.80 bits per heavy atom. The predicted octanol–water partition coefficient (Wildman–Crippen LogP) is 4.66. The molecule has 0 bridgehead atoms. The molecule has 20 heavy (non-hydrogen) atoms. The zero-order valence-corrected chi connectivity index (χ0v) is 11.5. The van der Waals surface area contributed by atoms with Crippen molar-refractivity contribution < 1.29 is 18.3 Å². The Labute approximate surface area is 123 Å².